The van der Waals surface area contributed by atoms with Gasteiger partial charge in [0.05, 0.1) is 5.75 Å². The molecule has 1 aromatic heterocycles. The van der Waals surface area contributed by atoms with Crippen LogP contribution in [-0.4, -0.2) is 32.5 Å². The zero-order valence-electron chi connectivity index (χ0n) is 12.5. The van der Waals surface area contributed by atoms with E-state index in [0.29, 0.717) is 5.92 Å². The van der Waals surface area contributed by atoms with Gasteiger partial charge in [0.1, 0.15) is 0 Å². The molecule has 1 N–H and O–H groups in total. The molecule has 1 amide bonds. The smallest absolute Gasteiger partial charge is 0.353 e. The number of nitrogens with one attached hydrogen (secondary N) is 1. The zero-order valence-corrected chi connectivity index (χ0v) is 13.3. The van der Waals surface area contributed by atoms with Gasteiger partial charge < -0.3 is 9.88 Å². The summed E-state index contributed by atoms with van der Waals surface area (Å²) < 4.78 is 38.6. The Hall–Kier alpha value is -1.25. The van der Waals surface area contributed by atoms with Gasteiger partial charge in [0.25, 0.3) is 0 Å². The normalized spacial score (nSPS) is 22.6. The van der Waals surface area contributed by atoms with Crippen LogP contribution < -0.4 is 5.32 Å². The van der Waals surface area contributed by atoms with E-state index in [9.17, 15) is 18.0 Å². The lowest BCUT2D eigenvalue weighted by Gasteiger charge is -2.26. The quantitative estimate of drug-likeness (QED) is 0.859. The summed E-state index contributed by atoms with van der Waals surface area (Å²) in [5.41, 5.74) is 0. The van der Waals surface area contributed by atoms with E-state index in [0.717, 1.165) is 42.0 Å². The Labute approximate surface area is 131 Å². The highest BCUT2D eigenvalue weighted by atomic mass is 32.2. The molecule has 0 radical (unpaired) electrons. The molecule has 1 aliphatic carbocycles. The summed E-state index contributed by atoms with van der Waals surface area (Å²) in [7, 11) is 1.24. The fraction of sp³-hybridized carbons (Fsp3) is 0.769. The number of hydrogen-bond donors (Lipinski definition) is 1. The number of hydrogen-bond acceptors (Lipinski definition) is 4. The Morgan fingerprint density at radius 2 is 1.95 bits per heavy atom. The molecule has 0 atom stereocenters. The van der Waals surface area contributed by atoms with E-state index in [2.05, 4.69) is 22.4 Å². The fourth-order valence-corrected chi connectivity index (χ4v) is 3.21. The van der Waals surface area contributed by atoms with E-state index in [4.69, 9.17) is 0 Å². The molecule has 0 aromatic carbocycles. The Bertz CT molecular complexity index is 524. The van der Waals surface area contributed by atoms with Crippen LogP contribution in [-0.2, 0) is 18.0 Å². The number of halogens is 3. The first-order valence-corrected chi connectivity index (χ1v) is 8.14. The molecular formula is C13H19F3N4OS. The Kier molecular flexibility index (Phi) is 5.36. The standard InChI is InChI=1S/C13H19F3N4OS/c1-8-3-5-9(6-4-8)17-10(21)7-22-12-19-18-11(20(12)2)13(14,15)16/h8-9H,3-7H2,1-2H3,(H,17,21). The van der Waals surface area contributed by atoms with E-state index in [1.54, 1.807) is 0 Å². The van der Waals surface area contributed by atoms with E-state index in [1.165, 1.54) is 7.05 Å². The van der Waals surface area contributed by atoms with Crippen LogP contribution in [0.2, 0.25) is 0 Å². The molecule has 0 aliphatic heterocycles. The molecular weight excluding hydrogens is 317 g/mol. The maximum Gasteiger partial charge on any atom is 0.451 e. The van der Waals surface area contributed by atoms with Crippen LogP contribution >= 0.6 is 11.8 Å². The van der Waals surface area contributed by atoms with Crippen molar-refractivity contribution in [2.24, 2.45) is 13.0 Å². The maximum absolute atomic E-state index is 12.6. The third-order valence-electron chi connectivity index (χ3n) is 3.80. The summed E-state index contributed by atoms with van der Waals surface area (Å²) in [5, 5.41) is 9.62. The van der Waals surface area contributed by atoms with Gasteiger partial charge in [0, 0.05) is 13.1 Å². The van der Waals surface area contributed by atoms with E-state index in [-0.39, 0.29) is 22.9 Å². The van der Waals surface area contributed by atoms with Crippen LogP contribution in [0, 0.1) is 5.92 Å². The maximum atomic E-state index is 12.6. The summed E-state index contributed by atoms with van der Waals surface area (Å²) in [6.07, 6.45) is -0.437. The minimum absolute atomic E-state index is 0.0376. The molecule has 0 saturated heterocycles. The molecule has 0 bridgehead atoms. The molecule has 1 saturated carbocycles. The molecule has 5 nitrogen and oxygen atoms in total. The summed E-state index contributed by atoms with van der Waals surface area (Å²) in [6, 6.07) is 0.175. The van der Waals surface area contributed by atoms with Gasteiger partial charge in [-0.15, -0.1) is 10.2 Å². The molecule has 124 valence electrons. The van der Waals surface area contributed by atoms with Gasteiger partial charge in [-0.1, -0.05) is 18.7 Å². The van der Waals surface area contributed by atoms with Crippen LogP contribution in [0.4, 0.5) is 13.2 Å². The van der Waals surface area contributed by atoms with Crippen LogP contribution in [0.3, 0.4) is 0 Å². The lowest BCUT2D eigenvalue weighted by Crippen LogP contribution is -2.38. The number of rotatable bonds is 4. The van der Waals surface area contributed by atoms with Gasteiger partial charge in [0.2, 0.25) is 11.7 Å². The van der Waals surface area contributed by atoms with Crippen molar-refractivity contribution in [1.82, 2.24) is 20.1 Å². The highest BCUT2D eigenvalue weighted by Gasteiger charge is 2.37. The summed E-state index contributed by atoms with van der Waals surface area (Å²) in [5.74, 6) is -0.504. The second kappa shape index (κ2) is 6.89. The molecule has 1 fully saturated rings. The summed E-state index contributed by atoms with van der Waals surface area (Å²) in [4.78, 5) is 11.9. The first-order chi connectivity index (χ1) is 10.3. The van der Waals surface area contributed by atoms with Crippen molar-refractivity contribution in [1.29, 1.82) is 0 Å². The van der Waals surface area contributed by atoms with Crippen molar-refractivity contribution in [3.8, 4) is 0 Å². The van der Waals surface area contributed by atoms with Gasteiger partial charge in [-0.2, -0.15) is 13.2 Å². The minimum atomic E-state index is -4.54. The molecule has 1 heterocycles. The van der Waals surface area contributed by atoms with E-state index < -0.39 is 12.0 Å². The van der Waals surface area contributed by atoms with Crippen molar-refractivity contribution < 1.29 is 18.0 Å². The second-order valence-corrected chi connectivity index (χ2v) is 6.62. The lowest BCUT2D eigenvalue weighted by molar-refractivity contribution is -0.147. The third-order valence-corrected chi connectivity index (χ3v) is 4.82. The Balaban J connectivity index is 1.83. The first kappa shape index (κ1) is 17.1. The average molecular weight is 336 g/mol. The van der Waals surface area contributed by atoms with Crippen LogP contribution in [0.1, 0.15) is 38.4 Å². The summed E-state index contributed by atoms with van der Waals surface area (Å²) in [6.45, 7) is 2.19. The fourth-order valence-electron chi connectivity index (χ4n) is 2.49. The number of amides is 1. The van der Waals surface area contributed by atoms with Crippen molar-refractivity contribution in [2.75, 3.05) is 5.75 Å². The monoisotopic (exact) mass is 336 g/mol. The molecule has 0 spiro atoms. The third kappa shape index (κ3) is 4.37. The number of carbonyl (C=O) groups excluding carboxylic acids is 1. The van der Waals surface area contributed by atoms with Gasteiger partial charge in [0.15, 0.2) is 5.16 Å². The minimum Gasteiger partial charge on any atom is -0.353 e. The van der Waals surface area contributed by atoms with Crippen molar-refractivity contribution in [2.45, 2.75) is 50.0 Å². The predicted octanol–water partition coefficient (Wildman–Crippen LogP) is 2.62. The predicted molar refractivity (Wildman–Crippen MR) is 76.3 cm³/mol. The van der Waals surface area contributed by atoms with Crippen LogP contribution in [0.25, 0.3) is 0 Å². The Morgan fingerprint density at radius 1 is 1.32 bits per heavy atom. The van der Waals surface area contributed by atoms with Crippen molar-refractivity contribution in [3.05, 3.63) is 5.82 Å². The Morgan fingerprint density at radius 3 is 2.50 bits per heavy atom. The van der Waals surface area contributed by atoms with E-state index >= 15 is 0 Å². The second-order valence-electron chi connectivity index (χ2n) is 5.68. The van der Waals surface area contributed by atoms with Crippen molar-refractivity contribution >= 4 is 17.7 Å². The number of alkyl halides is 3. The van der Waals surface area contributed by atoms with Gasteiger partial charge in [-0.25, -0.2) is 0 Å². The highest BCUT2D eigenvalue weighted by molar-refractivity contribution is 7.99. The molecule has 22 heavy (non-hydrogen) atoms. The molecule has 9 heteroatoms. The molecule has 2 rings (SSSR count). The van der Waals surface area contributed by atoms with Gasteiger partial charge in [-0.05, 0) is 31.6 Å². The molecule has 0 unspecified atom stereocenters. The average Bonchev–Trinajstić information content (AvgIpc) is 2.80. The van der Waals surface area contributed by atoms with Crippen LogP contribution in [0.15, 0.2) is 5.16 Å². The van der Waals surface area contributed by atoms with Gasteiger partial charge in [-0.3, -0.25) is 4.79 Å². The topological polar surface area (TPSA) is 59.8 Å². The van der Waals surface area contributed by atoms with Gasteiger partial charge >= 0.3 is 6.18 Å². The summed E-state index contributed by atoms with van der Waals surface area (Å²) >= 11 is 0.959. The first-order valence-electron chi connectivity index (χ1n) is 7.16. The number of aromatic nitrogens is 3. The zero-order chi connectivity index (χ0) is 16.3. The number of thioether (sulfide) groups is 1. The highest BCUT2D eigenvalue weighted by Crippen LogP contribution is 2.29. The molecule has 1 aliphatic rings. The molecule has 1 aromatic rings. The van der Waals surface area contributed by atoms with E-state index in [1.807, 2.05) is 0 Å². The largest absolute Gasteiger partial charge is 0.451 e. The number of nitrogens with zero attached hydrogens (tertiary/aromatic N) is 3. The van der Waals surface area contributed by atoms with Crippen molar-refractivity contribution in [3.63, 3.8) is 0 Å². The van der Waals surface area contributed by atoms with Crippen LogP contribution in [0.5, 0.6) is 0 Å². The SMILES string of the molecule is CC1CCC(NC(=O)CSc2nnc(C(F)(F)F)n2C)CC1. The number of carbonyl (C=O) groups is 1. The lowest BCUT2D eigenvalue weighted by atomic mass is 9.87.